The lowest BCUT2D eigenvalue weighted by Gasteiger charge is -2.37. The van der Waals surface area contributed by atoms with Gasteiger partial charge in [0.2, 0.25) is 0 Å². The largest absolute Gasteiger partial charge is 0.507 e. The normalized spacial score (nSPS) is 19.6. The van der Waals surface area contributed by atoms with Gasteiger partial charge in [-0.25, -0.2) is 4.79 Å². The summed E-state index contributed by atoms with van der Waals surface area (Å²) in [6, 6.07) is 17.3. The molecule has 2 aliphatic heterocycles. The average molecular weight is 388 g/mol. The molecule has 2 atom stereocenters. The molecule has 0 saturated heterocycles. The van der Waals surface area contributed by atoms with E-state index in [-0.39, 0.29) is 16.9 Å². The third-order valence-electron chi connectivity index (χ3n) is 5.62. The van der Waals surface area contributed by atoms with Crippen molar-refractivity contribution >= 4 is 11.9 Å². The SMILES string of the molecule is CC(C(=O)O)c1ccc2c(c1O)C1(OC(=O)c3ccccc31)c1ccccc1O2. The highest BCUT2D eigenvalue weighted by atomic mass is 16.6. The van der Waals surface area contributed by atoms with Gasteiger partial charge in [0, 0.05) is 16.7 Å². The Hall–Kier alpha value is -3.80. The van der Waals surface area contributed by atoms with Crippen molar-refractivity contribution in [1.82, 2.24) is 0 Å². The Morgan fingerprint density at radius 1 is 0.966 bits per heavy atom. The number of para-hydroxylation sites is 1. The van der Waals surface area contributed by atoms with E-state index in [4.69, 9.17) is 9.47 Å². The Kier molecular flexibility index (Phi) is 3.49. The summed E-state index contributed by atoms with van der Waals surface area (Å²) < 4.78 is 12.0. The number of ether oxygens (including phenoxy) is 2. The van der Waals surface area contributed by atoms with Crippen LogP contribution in [-0.2, 0) is 15.1 Å². The Balaban J connectivity index is 1.89. The van der Waals surface area contributed by atoms with E-state index in [9.17, 15) is 19.8 Å². The predicted octanol–water partition coefficient (Wildman–Crippen LogP) is 4.15. The molecule has 6 heteroatoms. The van der Waals surface area contributed by atoms with Crippen LogP contribution in [0.25, 0.3) is 0 Å². The molecule has 6 nitrogen and oxygen atoms in total. The third-order valence-corrected chi connectivity index (χ3v) is 5.62. The first-order chi connectivity index (χ1) is 13.9. The minimum Gasteiger partial charge on any atom is -0.507 e. The summed E-state index contributed by atoms with van der Waals surface area (Å²) in [5, 5.41) is 20.6. The summed E-state index contributed by atoms with van der Waals surface area (Å²) in [5.41, 5.74) is 0.583. The third kappa shape index (κ3) is 2.17. The fraction of sp³-hybridized carbons (Fsp3) is 0.130. The van der Waals surface area contributed by atoms with Crippen molar-refractivity contribution in [2.75, 3.05) is 0 Å². The molecule has 0 radical (unpaired) electrons. The number of aromatic hydroxyl groups is 1. The summed E-state index contributed by atoms with van der Waals surface area (Å²) in [6.45, 7) is 1.49. The molecular weight excluding hydrogens is 372 g/mol. The Morgan fingerprint density at radius 3 is 2.41 bits per heavy atom. The van der Waals surface area contributed by atoms with Crippen LogP contribution in [0.2, 0.25) is 0 Å². The van der Waals surface area contributed by atoms with E-state index in [1.165, 1.54) is 13.0 Å². The second-order valence-corrected chi connectivity index (χ2v) is 7.15. The van der Waals surface area contributed by atoms with Crippen LogP contribution >= 0.6 is 0 Å². The van der Waals surface area contributed by atoms with Crippen LogP contribution in [0.4, 0.5) is 0 Å². The van der Waals surface area contributed by atoms with Gasteiger partial charge in [0.15, 0.2) is 5.60 Å². The molecule has 0 aromatic heterocycles. The zero-order valence-corrected chi connectivity index (χ0v) is 15.4. The van der Waals surface area contributed by atoms with Crippen molar-refractivity contribution in [2.24, 2.45) is 0 Å². The number of phenolic OH excluding ortho intramolecular Hbond substituents is 1. The Bertz CT molecular complexity index is 1200. The number of carbonyl (C=O) groups is 2. The Morgan fingerprint density at radius 2 is 1.66 bits per heavy atom. The monoisotopic (exact) mass is 388 g/mol. The number of fused-ring (bicyclic) bond motifs is 6. The maximum atomic E-state index is 12.8. The van der Waals surface area contributed by atoms with Crippen LogP contribution in [0, 0.1) is 0 Å². The maximum Gasteiger partial charge on any atom is 0.340 e. The molecule has 2 N–H and O–H groups in total. The second-order valence-electron chi connectivity index (χ2n) is 7.15. The van der Waals surface area contributed by atoms with Crippen molar-refractivity contribution in [3.05, 3.63) is 88.5 Å². The lowest BCUT2D eigenvalue weighted by molar-refractivity contribution is -0.138. The lowest BCUT2D eigenvalue weighted by Crippen LogP contribution is -2.33. The minimum absolute atomic E-state index is 0.221. The summed E-state index contributed by atoms with van der Waals surface area (Å²) in [4.78, 5) is 24.3. The smallest absolute Gasteiger partial charge is 0.340 e. The van der Waals surface area contributed by atoms with E-state index in [1.54, 1.807) is 54.6 Å². The van der Waals surface area contributed by atoms with E-state index >= 15 is 0 Å². The highest BCUT2D eigenvalue weighted by Crippen LogP contribution is 2.59. The molecule has 1 spiro atoms. The first-order valence-electron chi connectivity index (χ1n) is 9.14. The molecule has 5 rings (SSSR count). The van der Waals surface area contributed by atoms with E-state index in [0.29, 0.717) is 28.2 Å². The number of rotatable bonds is 2. The van der Waals surface area contributed by atoms with Gasteiger partial charge in [0.25, 0.3) is 0 Å². The quantitative estimate of drug-likeness (QED) is 0.641. The number of hydrogen-bond acceptors (Lipinski definition) is 5. The van der Waals surface area contributed by atoms with Gasteiger partial charge in [0.1, 0.15) is 17.2 Å². The van der Waals surface area contributed by atoms with Crippen molar-refractivity contribution in [1.29, 1.82) is 0 Å². The van der Waals surface area contributed by atoms with E-state index in [2.05, 4.69) is 0 Å². The zero-order chi connectivity index (χ0) is 20.3. The van der Waals surface area contributed by atoms with Gasteiger partial charge in [-0.05, 0) is 25.1 Å². The molecule has 0 aliphatic carbocycles. The van der Waals surface area contributed by atoms with E-state index in [1.807, 2.05) is 0 Å². The highest BCUT2D eigenvalue weighted by molar-refractivity contribution is 5.97. The van der Waals surface area contributed by atoms with Crippen LogP contribution in [0.15, 0.2) is 60.7 Å². The summed E-state index contributed by atoms with van der Waals surface area (Å²) >= 11 is 0. The van der Waals surface area contributed by atoms with Crippen molar-refractivity contribution < 1.29 is 29.3 Å². The minimum atomic E-state index is -1.42. The van der Waals surface area contributed by atoms with Crippen LogP contribution in [0.1, 0.15) is 45.5 Å². The summed E-state index contributed by atoms with van der Waals surface area (Å²) in [7, 11) is 0. The molecule has 2 aliphatic rings. The molecule has 2 heterocycles. The van der Waals surface area contributed by atoms with Gasteiger partial charge >= 0.3 is 11.9 Å². The summed E-state index contributed by atoms with van der Waals surface area (Å²) in [6.07, 6.45) is 0. The fourth-order valence-corrected chi connectivity index (χ4v) is 4.20. The molecule has 3 aromatic carbocycles. The number of hydrogen-bond donors (Lipinski definition) is 2. The number of carboxylic acids is 1. The van der Waals surface area contributed by atoms with Crippen molar-refractivity contribution in [3.63, 3.8) is 0 Å². The van der Waals surface area contributed by atoms with Gasteiger partial charge in [-0.1, -0.05) is 42.5 Å². The van der Waals surface area contributed by atoms with E-state index in [0.717, 1.165) is 0 Å². The molecule has 2 unspecified atom stereocenters. The van der Waals surface area contributed by atoms with Gasteiger partial charge in [-0.2, -0.15) is 0 Å². The Labute approximate surface area is 165 Å². The topological polar surface area (TPSA) is 93.1 Å². The molecule has 29 heavy (non-hydrogen) atoms. The van der Waals surface area contributed by atoms with E-state index < -0.39 is 23.5 Å². The number of benzene rings is 3. The lowest BCUT2D eigenvalue weighted by atomic mass is 9.76. The molecule has 144 valence electrons. The van der Waals surface area contributed by atoms with Crippen LogP contribution in [0.5, 0.6) is 17.2 Å². The molecular formula is C23H16O6. The number of aliphatic carboxylic acids is 1. The van der Waals surface area contributed by atoms with Crippen molar-refractivity contribution in [2.45, 2.75) is 18.4 Å². The first kappa shape index (κ1) is 17.3. The maximum absolute atomic E-state index is 12.8. The summed E-state index contributed by atoms with van der Waals surface area (Å²) in [5.74, 6) is -1.98. The van der Waals surface area contributed by atoms with Crippen LogP contribution in [0.3, 0.4) is 0 Å². The number of esters is 1. The predicted molar refractivity (Wildman–Crippen MR) is 102 cm³/mol. The van der Waals surface area contributed by atoms with Gasteiger partial charge < -0.3 is 19.7 Å². The highest BCUT2D eigenvalue weighted by Gasteiger charge is 2.55. The standard InChI is InChI=1S/C23H16O6/c1-12(21(25)26)13-10-11-18-19(20(13)24)23(16-8-4-5-9-17(16)28-18)15-7-3-2-6-14(15)22(27)29-23/h2-12,24H,1H3,(H,25,26). The number of phenols is 1. The molecule has 3 aromatic rings. The van der Waals surface area contributed by atoms with Crippen LogP contribution in [-0.4, -0.2) is 22.2 Å². The fourth-order valence-electron chi connectivity index (χ4n) is 4.20. The first-order valence-corrected chi connectivity index (χ1v) is 9.14. The molecule has 0 saturated carbocycles. The average Bonchev–Trinajstić information content (AvgIpc) is 3.01. The number of carboxylic acid groups (broad SMARTS) is 1. The number of carbonyl (C=O) groups excluding carboxylic acids is 1. The van der Waals surface area contributed by atoms with Crippen molar-refractivity contribution in [3.8, 4) is 17.2 Å². The van der Waals surface area contributed by atoms with Gasteiger partial charge in [-0.3, -0.25) is 4.79 Å². The second kappa shape index (κ2) is 5.85. The molecule has 0 bridgehead atoms. The van der Waals surface area contributed by atoms with Gasteiger partial charge in [-0.15, -0.1) is 0 Å². The van der Waals surface area contributed by atoms with Crippen LogP contribution < -0.4 is 4.74 Å². The molecule has 0 fully saturated rings. The van der Waals surface area contributed by atoms with Gasteiger partial charge in [0.05, 0.1) is 17.0 Å². The molecule has 0 amide bonds. The zero-order valence-electron chi connectivity index (χ0n) is 15.4.